The van der Waals surface area contributed by atoms with Crippen molar-refractivity contribution < 1.29 is 13.4 Å². The monoisotopic (exact) mass is 287 g/mol. The van der Waals surface area contributed by atoms with Crippen molar-refractivity contribution >= 4 is 22.5 Å². The van der Waals surface area contributed by atoms with Crippen molar-refractivity contribution in [1.29, 1.82) is 0 Å². The molecule has 0 aromatic carbocycles. The molecule has 2 N–H and O–H groups in total. The molecule has 1 heterocycles. The summed E-state index contributed by atoms with van der Waals surface area (Å²) < 4.78 is 25.0. The Labute approximate surface area is 114 Å². The van der Waals surface area contributed by atoms with Crippen LogP contribution in [0.5, 0.6) is 0 Å². The molecule has 7 heteroatoms. The van der Waals surface area contributed by atoms with Gasteiger partial charge in [-0.1, -0.05) is 0 Å². The Morgan fingerprint density at radius 1 is 1.58 bits per heavy atom. The van der Waals surface area contributed by atoms with E-state index in [9.17, 15) is 13.4 Å². The predicted molar refractivity (Wildman–Crippen MR) is 74.2 cm³/mol. The molecule has 1 aromatic rings. The Morgan fingerprint density at radius 3 is 2.84 bits per heavy atom. The summed E-state index contributed by atoms with van der Waals surface area (Å²) in [6.45, 7) is 4.05. The minimum absolute atomic E-state index is 0.0573. The maximum absolute atomic E-state index is 14.0. The number of halogens is 1. The average molecular weight is 287 g/mol. The van der Waals surface area contributed by atoms with Crippen molar-refractivity contribution in [3.8, 4) is 0 Å². The van der Waals surface area contributed by atoms with Crippen molar-refractivity contribution in [1.82, 2.24) is 10.3 Å². The second kappa shape index (κ2) is 7.18. The van der Waals surface area contributed by atoms with E-state index in [1.54, 1.807) is 13.2 Å². The molecular weight excluding hydrogens is 269 g/mol. The van der Waals surface area contributed by atoms with Gasteiger partial charge >= 0.3 is 0 Å². The molecule has 1 aromatic heterocycles. The first kappa shape index (κ1) is 15.6. The van der Waals surface area contributed by atoms with Crippen molar-refractivity contribution in [3.05, 3.63) is 23.6 Å². The molecule has 0 aliphatic heterocycles. The van der Waals surface area contributed by atoms with Gasteiger partial charge in [-0.3, -0.25) is 9.00 Å². The van der Waals surface area contributed by atoms with Crippen LogP contribution < -0.4 is 10.6 Å². The number of amides is 1. The number of carbonyl (C=O) groups is 1. The smallest absolute Gasteiger partial charge is 0.254 e. The Kier molecular flexibility index (Phi) is 5.88. The Bertz CT molecular complexity index is 482. The summed E-state index contributed by atoms with van der Waals surface area (Å²) in [5.74, 6) is -0.816. The van der Waals surface area contributed by atoms with Gasteiger partial charge in [0.2, 0.25) is 0 Å². The molecule has 0 bridgehead atoms. The molecule has 0 spiro atoms. The molecule has 1 rings (SSSR count). The highest BCUT2D eigenvalue weighted by Gasteiger charge is 2.17. The van der Waals surface area contributed by atoms with Crippen LogP contribution in [0.4, 0.5) is 10.2 Å². The average Bonchev–Trinajstić information content (AvgIpc) is 2.30. The van der Waals surface area contributed by atoms with Gasteiger partial charge in [0.25, 0.3) is 5.91 Å². The highest BCUT2D eigenvalue weighted by Crippen LogP contribution is 2.14. The van der Waals surface area contributed by atoms with Gasteiger partial charge in [0.05, 0.1) is 5.56 Å². The number of aromatic nitrogens is 1. The van der Waals surface area contributed by atoms with Crippen molar-refractivity contribution in [2.45, 2.75) is 19.9 Å². The zero-order valence-electron chi connectivity index (χ0n) is 11.2. The highest BCUT2D eigenvalue weighted by molar-refractivity contribution is 7.84. The van der Waals surface area contributed by atoms with Crippen molar-refractivity contribution in [2.24, 2.45) is 0 Å². The molecule has 0 saturated heterocycles. The maximum Gasteiger partial charge on any atom is 0.254 e. The van der Waals surface area contributed by atoms with E-state index >= 15 is 0 Å². The summed E-state index contributed by atoms with van der Waals surface area (Å²) in [5.41, 5.74) is -0.0697. The number of hydrogen-bond donors (Lipinski definition) is 2. The van der Waals surface area contributed by atoms with Crippen LogP contribution >= 0.6 is 0 Å². The molecule has 0 aliphatic rings. The summed E-state index contributed by atoms with van der Waals surface area (Å²) in [6, 6.07) is 1.04. The fourth-order valence-electron chi connectivity index (χ4n) is 1.61. The third-order valence-electron chi connectivity index (χ3n) is 2.34. The number of carbonyl (C=O) groups excluding carboxylic acids is 1. The lowest BCUT2D eigenvalue weighted by Crippen LogP contribution is -2.36. The van der Waals surface area contributed by atoms with Gasteiger partial charge in [-0.05, 0) is 19.9 Å². The number of nitrogens with zero attached hydrogens (tertiary/aromatic N) is 1. The molecule has 0 radical (unpaired) electrons. The molecule has 0 fully saturated rings. The summed E-state index contributed by atoms with van der Waals surface area (Å²) in [4.78, 5) is 15.7. The fraction of sp³-hybridized carbons (Fsp3) is 0.500. The van der Waals surface area contributed by atoms with Crippen LogP contribution in [0.25, 0.3) is 0 Å². The van der Waals surface area contributed by atoms with E-state index in [2.05, 4.69) is 15.6 Å². The lowest BCUT2D eigenvalue weighted by atomic mass is 10.2. The van der Waals surface area contributed by atoms with E-state index in [1.165, 1.54) is 12.3 Å². The van der Waals surface area contributed by atoms with Crippen molar-refractivity contribution in [3.63, 3.8) is 0 Å². The Balaban J connectivity index is 2.82. The molecule has 106 valence electrons. The first-order chi connectivity index (χ1) is 8.95. The summed E-state index contributed by atoms with van der Waals surface area (Å²) in [5, 5.41) is 5.35. The molecule has 2 atom stereocenters. The van der Waals surface area contributed by atoms with Crippen LogP contribution in [0.1, 0.15) is 24.2 Å². The maximum atomic E-state index is 14.0. The van der Waals surface area contributed by atoms with Crippen LogP contribution in [0.2, 0.25) is 0 Å². The topological polar surface area (TPSA) is 71.1 Å². The fourth-order valence-corrected chi connectivity index (χ4v) is 2.39. The number of hydrogen-bond acceptors (Lipinski definition) is 4. The van der Waals surface area contributed by atoms with E-state index in [1.807, 2.05) is 6.92 Å². The first-order valence-electron chi connectivity index (χ1n) is 5.95. The van der Waals surface area contributed by atoms with E-state index in [0.29, 0.717) is 12.3 Å². The predicted octanol–water partition coefficient (Wildman–Crippen LogP) is 1.15. The first-order valence-corrected chi connectivity index (χ1v) is 7.67. The van der Waals surface area contributed by atoms with Gasteiger partial charge < -0.3 is 10.6 Å². The molecule has 0 saturated carbocycles. The third-order valence-corrected chi connectivity index (χ3v) is 3.31. The van der Waals surface area contributed by atoms with Crippen LogP contribution in [-0.2, 0) is 10.8 Å². The van der Waals surface area contributed by atoms with Gasteiger partial charge in [0.15, 0.2) is 11.6 Å². The van der Waals surface area contributed by atoms with Gasteiger partial charge in [0.1, 0.15) is 0 Å². The number of anilines is 1. The van der Waals surface area contributed by atoms with Gasteiger partial charge in [-0.15, -0.1) is 0 Å². The second-order valence-corrected chi connectivity index (χ2v) is 5.65. The summed E-state index contributed by atoms with van der Waals surface area (Å²) in [6.07, 6.45) is 2.93. The van der Waals surface area contributed by atoms with Gasteiger partial charge in [-0.25, -0.2) is 9.37 Å². The quantitative estimate of drug-likeness (QED) is 0.823. The lowest BCUT2D eigenvalue weighted by Gasteiger charge is -2.13. The Hall–Kier alpha value is -1.50. The van der Waals surface area contributed by atoms with Gasteiger partial charge in [0, 0.05) is 41.6 Å². The van der Waals surface area contributed by atoms with E-state index in [0.717, 1.165) is 0 Å². The second-order valence-electron chi connectivity index (χ2n) is 4.17. The molecule has 2 unspecified atom stereocenters. The number of pyridine rings is 1. The normalized spacial score (nSPS) is 13.7. The third kappa shape index (κ3) is 4.59. The molecule has 19 heavy (non-hydrogen) atoms. The van der Waals surface area contributed by atoms with Crippen molar-refractivity contribution in [2.75, 3.05) is 23.9 Å². The summed E-state index contributed by atoms with van der Waals surface area (Å²) >= 11 is 0. The molecule has 1 amide bonds. The number of nitrogens with one attached hydrogen (secondary N) is 2. The Morgan fingerprint density at radius 2 is 2.26 bits per heavy atom. The van der Waals surface area contributed by atoms with E-state index < -0.39 is 22.5 Å². The van der Waals surface area contributed by atoms with Crippen LogP contribution in [0, 0.1) is 5.82 Å². The zero-order valence-corrected chi connectivity index (χ0v) is 12.0. The standard InChI is InChI=1S/C12H18FN3O2S/c1-4-14-11-10(13)9(5-6-15-11)12(17)16-8(2)7-19(3)18/h5-6,8H,4,7H2,1-3H3,(H,14,15)(H,16,17). The van der Waals surface area contributed by atoms with Crippen LogP contribution in [-0.4, -0.2) is 39.7 Å². The van der Waals surface area contributed by atoms with Gasteiger partial charge in [-0.2, -0.15) is 0 Å². The van der Waals surface area contributed by atoms with E-state index in [4.69, 9.17) is 0 Å². The lowest BCUT2D eigenvalue weighted by molar-refractivity contribution is 0.0939. The van der Waals surface area contributed by atoms with Crippen LogP contribution in [0.3, 0.4) is 0 Å². The molecule has 5 nitrogen and oxygen atoms in total. The minimum Gasteiger partial charge on any atom is -0.368 e. The highest BCUT2D eigenvalue weighted by atomic mass is 32.2. The largest absolute Gasteiger partial charge is 0.368 e. The minimum atomic E-state index is -1.01. The zero-order chi connectivity index (χ0) is 14.4. The summed E-state index contributed by atoms with van der Waals surface area (Å²) in [7, 11) is -1.01. The number of rotatable bonds is 6. The van der Waals surface area contributed by atoms with Crippen LogP contribution in [0.15, 0.2) is 12.3 Å². The SMILES string of the molecule is CCNc1nccc(C(=O)NC(C)CS(C)=O)c1F. The molecular formula is C12H18FN3O2S. The van der Waals surface area contributed by atoms with E-state index in [-0.39, 0.29) is 17.4 Å². The molecule has 0 aliphatic carbocycles.